The predicted molar refractivity (Wildman–Crippen MR) is 68.2 cm³/mol. The Morgan fingerprint density at radius 3 is 2.93 bits per heavy atom. The summed E-state index contributed by atoms with van der Waals surface area (Å²) in [5.74, 6) is 1.75. The van der Waals surface area contributed by atoms with Crippen molar-refractivity contribution >= 4 is 34.6 Å². The lowest BCUT2D eigenvalue weighted by molar-refractivity contribution is 0.413. The second-order valence-electron chi connectivity index (χ2n) is 2.80. The molecule has 0 saturated carbocycles. The van der Waals surface area contributed by atoms with Crippen LogP contribution in [0.2, 0.25) is 0 Å². The van der Waals surface area contributed by atoms with Crippen LogP contribution in [0.15, 0.2) is 28.7 Å². The van der Waals surface area contributed by atoms with Gasteiger partial charge >= 0.3 is 0 Å². The summed E-state index contributed by atoms with van der Waals surface area (Å²) >= 11 is 7.54. The molecule has 0 aliphatic rings. The standard InChI is InChI=1S/C11H13BrOS/c1-13-11-8-10(12)6-5-9(11)4-2-3-7-14/h2,4-6,8,14H,3,7H2,1H3. The van der Waals surface area contributed by atoms with Crippen LogP contribution < -0.4 is 4.74 Å². The van der Waals surface area contributed by atoms with E-state index in [2.05, 4.69) is 40.7 Å². The van der Waals surface area contributed by atoms with Crippen LogP contribution in [0.5, 0.6) is 5.75 Å². The first-order chi connectivity index (χ1) is 6.77. The van der Waals surface area contributed by atoms with Crippen molar-refractivity contribution in [2.24, 2.45) is 0 Å². The number of methoxy groups -OCH3 is 1. The number of ether oxygens (including phenoxy) is 1. The monoisotopic (exact) mass is 272 g/mol. The van der Waals surface area contributed by atoms with Gasteiger partial charge in [-0.25, -0.2) is 0 Å². The van der Waals surface area contributed by atoms with E-state index in [1.807, 2.05) is 18.2 Å². The molecule has 1 rings (SSSR count). The highest BCUT2D eigenvalue weighted by Crippen LogP contribution is 2.24. The molecule has 1 aromatic rings. The molecule has 14 heavy (non-hydrogen) atoms. The Morgan fingerprint density at radius 2 is 2.29 bits per heavy atom. The van der Waals surface area contributed by atoms with Gasteiger partial charge in [0.25, 0.3) is 0 Å². The lowest BCUT2D eigenvalue weighted by Crippen LogP contribution is -1.86. The molecule has 0 saturated heterocycles. The van der Waals surface area contributed by atoms with Gasteiger partial charge in [0.15, 0.2) is 0 Å². The number of benzene rings is 1. The summed E-state index contributed by atoms with van der Waals surface area (Å²) in [6.07, 6.45) is 5.13. The van der Waals surface area contributed by atoms with E-state index in [0.717, 1.165) is 28.0 Å². The van der Waals surface area contributed by atoms with Gasteiger partial charge < -0.3 is 4.74 Å². The van der Waals surface area contributed by atoms with Crippen LogP contribution in [0.3, 0.4) is 0 Å². The van der Waals surface area contributed by atoms with Crippen LogP contribution in [0.1, 0.15) is 12.0 Å². The van der Waals surface area contributed by atoms with Crippen molar-refractivity contribution in [3.05, 3.63) is 34.3 Å². The van der Waals surface area contributed by atoms with Crippen molar-refractivity contribution in [1.29, 1.82) is 0 Å². The zero-order valence-corrected chi connectivity index (χ0v) is 10.5. The normalized spacial score (nSPS) is 10.8. The summed E-state index contributed by atoms with van der Waals surface area (Å²) < 4.78 is 6.28. The van der Waals surface area contributed by atoms with Gasteiger partial charge in [0.2, 0.25) is 0 Å². The average Bonchev–Trinajstić information content (AvgIpc) is 2.20. The topological polar surface area (TPSA) is 9.23 Å². The molecule has 0 spiro atoms. The third-order valence-electron chi connectivity index (χ3n) is 1.79. The molecule has 0 N–H and O–H groups in total. The van der Waals surface area contributed by atoms with Crippen LogP contribution in [0, 0.1) is 0 Å². The first-order valence-electron chi connectivity index (χ1n) is 4.39. The molecule has 0 aliphatic heterocycles. The number of allylic oxidation sites excluding steroid dienone is 1. The Labute approximate surface area is 98.7 Å². The maximum absolute atomic E-state index is 5.26. The summed E-state index contributed by atoms with van der Waals surface area (Å²) in [6.45, 7) is 0. The van der Waals surface area contributed by atoms with Crippen LogP contribution in [-0.4, -0.2) is 12.9 Å². The fourth-order valence-corrected chi connectivity index (χ4v) is 1.60. The summed E-state index contributed by atoms with van der Waals surface area (Å²) in [5, 5.41) is 0. The maximum atomic E-state index is 5.26. The van der Waals surface area contributed by atoms with Crippen LogP contribution in [-0.2, 0) is 0 Å². The van der Waals surface area contributed by atoms with Crippen molar-refractivity contribution in [2.75, 3.05) is 12.9 Å². The molecule has 0 unspecified atom stereocenters. The number of hydrogen-bond acceptors (Lipinski definition) is 2. The van der Waals surface area contributed by atoms with Crippen LogP contribution >= 0.6 is 28.6 Å². The summed E-state index contributed by atoms with van der Waals surface area (Å²) in [4.78, 5) is 0. The maximum Gasteiger partial charge on any atom is 0.127 e. The Hall–Kier alpha value is -0.410. The molecule has 0 fully saturated rings. The molecule has 0 aliphatic carbocycles. The van der Waals surface area contributed by atoms with E-state index in [-0.39, 0.29) is 0 Å². The molecule has 0 amide bonds. The first-order valence-corrected chi connectivity index (χ1v) is 5.81. The highest BCUT2D eigenvalue weighted by Gasteiger charge is 1.99. The summed E-state index contributed by atoms with van der Waals surface area (Å²) in [7, 11) is 1.68. The lowest BCUT2D eigenvalue weighted by Gasteiger charge is -2.04. The minimum absolute atomic E-state index is 0.870. The quantitative estimate of drug-likeness (QED) is 0.821. The minimum Gasteiger partial charge on any atom is -0.496 e. The van der Waals surface area contributed by atoms with Gasteiger partial charge in [-0.05, 0) is 24.3 Å². The molecular formula is C11H13BrOS. The van der Waals surface area contributed by atoms with E-state index in [0.29, 0.717) is 0 Å². The SMILES string of the molecule is COc1cc(Br)ccc1C=CCCS. The second-order valence-corrected chi connectivity index (χ2v) is 4.16. The molecular weight excluding hydrogens is 260 g/mol. The van der Waals surface area contributed by atoms with Crippen molar-refractivity contribution in [2.45, 2.75) is 6.42 Å². The highest BCUT2D eigenvalue weighted by atomic mass is 79.9. The van der Waals surface area contributed by atoms with E-state index < -0.39 is 0 Å². The zero-order chi connectivity index (χ0) is 10.4. The third-order valence-corrected chi connectivity index (χ3v) is 2.54. The van der Waals surface area contributed by atoms with Gasteiger partial charge in [0.1, 0.15) is 5.75 Å². The summed E-state index contributed by atoms with van der Waals surface area (Å²) in [5.41, 5.74) is 1.09. The Balaban J connectivity index is 2.85. The fraction of sp³-hybridized carbons (Fsp3) is 0.273. The van der Waals surface area contributed by atoms with Crippen molar-refractivity contribution < 1.29 is 4.74 Å². The Bertz CT molecular complexity index is 323. The van der Waals surface area contributed by atoms with Crippen molar-refractivity contribution in [3.8, 4) is 5.75 Å². The van der Waals surface area contributed by atoms with E-state index in [9.17, 15) is 0 Å². The fourth-order valence-electron chi connectivity index (χ4n) is 1.11. The van der Waals surface area contributed by atoms with E-state index in [1.165, 1.54) is 0 Å². The molecule has 1 aromatic carbocycles. The molecule has 0 atom stereocenters. The highest BCUT2D eigenvalue weighted by molar-refractivity contribution is 9.10. The molecule has 0 radical (unpaired) electrons. The van der Waals surface area contributed by atoms with Gasteiger partial charge in [-0.3, -0.25) is 0 Å². The van der Waals surface area contributed by atoms with Crippen molar-refractivity contribution in [3.63, 3.8) is 0 Å². The number of halogens is 1. The Kier molecular flexibility index (Phi) is 5.12. The zero-order valence-electron chi connectivity index (χ0n) is 8.03. The molecule has 0 aromatic heterocycles. The molecule has 1 nitrogen and oxygen atoms in total. The predicted octanol–water partition coefficient (Wildman–Crippen LogP) is 3.79. The van der Waals surface area contributed by atoms with Gasteiger partial charge in [-0.15, -0.1) is 0 Å². The molecule has 3 heteroatoms. The summed E-state index contributed by atoms with van der Waals surface area (Å²) in [6, 6.07) is 5.99. The van der Waals surface area contributed by atoms with E-state index in [4.69, 9.17) is 4.74 Å². The number of rotatable bonds is 4. The first kappa shape index (κ1) is 11.7. The lowest BCUT2D eigenvalue weighted by atomic mass is 10.2. The average molecular weight is 273 g/mol. The van der Waals surface area contributed by atoms with Gasteiger partial charge in [-0.1, -0.05) is 34.1 Å². The van der Waals surface area contributed by atoms with Gasteiger partial charge in [-0.2, -0.15) is 12.6 Å². The van der Waals surface area contributed by atoms with Crippen LogP contribution in [0.25, 0.3) is 6.08 Å². The van der Waals surface area contributed by atoms with E-state index >= 15 is 0 Å². The molecule has 0 heterocycles. The second kappa shape index (κ2) is 6.14. The molecule has 76 valence electrons. The van der Waals surface area contributed by atoms with Gasteiger partial charge in [0, 0.05) is 10.0 Å². The van der Waals surface area contributed by atoms with Gasteiger partial charge in [0.05, 0.1) is 7.11 Å². The third kappa shape index (κ3) is 3.39. The minimum atomic E-state index is 0.870. The number of thiol groups is 1. The molecule has 0 bridgehead atoms. The van der Waals surface area contributed by atoms with E-state index in [1.54, 1.807) is 7.11 Å². The Morgan fingerprint density at radius 1 is 1.50 bits per heavy atom. The number of hydrogen-bond donors (Lipinski definition) is 1. The van der Waals surface area contributed by atoms with Crippen LogP contribution in [0.4, 0.5) is 0 Å². The largest absolute Gasteiger partial charge is 0.496 e. The smallest absolute Gasteiger partial charge is 0.127 e. The van der Waals surface area contributed by atoms with Crippen molar-refractivity contribution in [1.82, 2.24) is 0 Å².